The Kier molecular flexibility index (Phi) is 5.99. The van der Waals surface area contributed by atoms with Crippen molar-refractivity contribution >= 4 is 38.2 Å². The van der Waals surface area contributed by atoms with Gasteiger partial charge in [0.05, 0.1) is 41.1 Å². The smallest absolute Gasteiger partial charge is 0.261 e. The molecular weight excluding hydrogens is 462 g/mol. The van der Waals surface area contributed by atoms with E-state index in [1.54, 1.807) is 55.9 Å². The van der Waals surface area contributed by atoms with Crippen molar-refractivity contribution in [3.05, 3.63) is 97.5 Å². The van der Waals surface area contributed by atoms with E-state index >= 15 is 0 Å². The van der Waals surface area contributed by atoms with Crippen LogP contribution in [0.1, 0.15) is 0 Å². The number of nitrogens with one attached hydrogen (secondary N) is 2. The number of anilines is 3. The topological polar surface area (TPSA) is 106 Å². The molecule has 0 spiro atoms. The summed E-state index contributed by atoms with van der Waals surface area (Å²) >= 11 is 0. The van der Waals surface area contributed by atoms with Crippen LogP contribution < -0.4 is 14.8 Å². The van der Waals surface area contributed by atoms with Crippen LogP contribution in [0.2, 0.25) is 0 Å². The molecule has 0 fully saturated rings. The molecule has 5 aromatic rings. The van der Waals surface area contributed by atoms with Gasteiger partial charge in [0, 0.05) is 23.5 Å². The van der Waals surface area contributed by atoms with Gasteiger partial charge in [-0.05, 0) is 48.0 Å². The lowest BCUT2D eigenvalue weighted by Gasteiger charge is -2.10. The number of hydrogen-bond acceptors (Lipinski definition) is 7. The van der Waals surface area contributed by atoms with E-state index in [1.807, 2.05) is 42.5 Å². The number of methoxy groups -OCH3 is 1. The highest BCUT2D eigenvalue weighted by Crippen LogP contribution is 2.27. The van der Waals surface area contributed by atoms with E-state index < -0.39 is 10.0 Å². The zero-order valence-corrected chi connectivity index (χ0v) is 19.5. The monoisotopic (exact) mass is 483 g/mol. The maximum atomic E-state index is 12.7. The molecule has 174 valence electrons. The van der Waals surface area contributed by atoms with Crippen molar-refractivity contribution in [2.75, 3.05) is 17.1 Å². The zero-order chi connectivity index (χ0) is 24.3. The molecule has 0 aliphatic rings. The van der Waals surface area contributed by atoms with E-state index in [2.05, 4.69) is 25.0 Å². The van der Waals surface area contributed by atoms with E-state index in [1.165, 1.54) is 6.20 Å². The van der Waals surface area contributed by atoms with Gasteiger partial charge in [-0.2, -0.15) is 0 Å². The summed E-state index contributed by atoms with van der Waals surface area (Å²) in [5, 5.41) is 3.24. The molecule has 2 heterocycles. The van der Waals surface area contributed by atoms with E-state index in [-0.39, 0.29) is 4.90 Å². The second kappa shape index (κ2) is 9.40. The zero-order valence-electron chi connectivity index (χ0n) is 18.7. The Bertz CT molecular complexity index is 1610. The highest BCUT2D eigenvalue weighted by atomic mass is 32.2. The molecule has 9 heteroatoms. The van der Waals surface area contributed by atoms with Crippen molar-refractivity contribution in [1.29, 1.82) is 0 Å². The van der Waals surface area contributed by atoms with Crippen LogP contribution in [0.25, 0.3) is 22.2 Å². The molecule has 0 atom stereocenters. The second-order valence-corrected chi connectivity index (χ2v) is 9.38. The summed E-state index contributed by atoms with van der Waals surface area (Å²) in [6.45, 7) is 0. The maximum Gasteiger partial charge on any atom is 0.261 e. The summed E-state index contributed by atoms with van der Waals surface area (Å²) < 4.78 is 33.2. The summed E-state index contributed by atoms with van der Waals surface area (Å²) in [4.78, 5) is 13.6. The Balaban J connectivity index is 1.42. The SMILES string of the molecule is COc1cccc(Nc2cnc3ccc(-c4cncc(NS(=O)(=O)c5ccccc5)c4)cc3n2)c1. The highest BCUT2D eigenvalue weighted by molar-refractivity contribution is 7.92. The standard InChI is InChI=1S/C26H21N5O3S/c1-34-22-7-5-6-20(14-22)29-26-17-28-24-11-10-18(13-25(24)30-26)19-12-21(16-27-15-19)31-35(32,33)23-8-3-2-4-9-23/h2-17,31H,1H3,(H,29,30). The molecule has 8 nitrogen and oxygen atoms in total. The van der Waals surface area contributed by atoms with Gasteiger partial charge in [0.15, 0.2) is 0 Å². The number of ether oxygens (including phenoxy) is 1. The number of sulfonamides is 1. The number of fused-ring (bicyclic) bond motifs is 1. The summed E-state index contributed by atoms with van der Waals surface area (Å²) in [6, 6.07) is 23.1. The number of hydrogen-bond donors (Lipinski definition) is 2. The Morgan fingerprint density at radius 1 is 0.771 bits per heavy atom. The van der Waals surface area contributed by atoms with Gasteiger partial charge in [-0.25, -0.2) is 13.4 Å². The minimum absolute atomic E-state index is 0.183. The minimum atomic E-state index is -3.72. The molecule has 0 amide bonds. The summed E-state index contributed by atoms with van der Waals surface area (Å²) in [7, 11) is -2.10. The van der Waals surface area contributed by atoms with Gasteiger partial charge in [-0.15, -0.1) is 0 Å². The van der Waals surface area contributed by atoms with Crippen LogP contribution in [0.3, 0.4) is 0 Å². The summed E-state index contributed by atoms with van der Waals surface area (Å²) in [6.07, 6.45) is 4.82. The van der Waals surface area contributed by atoms with Crippen LogP contribution in [0.5, 0.6) is 5.75 Å². The lowest BCUT2D eigenvalue weighted by atomic mass is 10.1. The highest BCUT2D eigenvalue weighted by Gasteiger charge is 2.14. The number of aromatic nitrogens is 3. The van der Waals surface area contributed by atoms with Gasteiger partial charge >= 0.3 is 0 Å². The largest absolute Gasteiger partial charge is 0.497 e. The first kappa shape index (κ1) is 22.3. The minimum Gasteiger partial charge on any atom is -0.497 e. The van der Waals surface area contributed by atoms with Crippen LogP contribution in [-0.2, 0) is 10.0 Å². The first-order valence-electron chi connectivity index (χ1n) is 10.7. The molecule has 0 aliphatic heterocycles. The van der Waals surface area contributed by atoms with Gasteiger partial charge in [0.1, 0.15) is 11.6 Å². The Morgan fingerprint density at radius 2 is 1.63 bits per heavy atom. The van der Waals surface area contributed by atoms with Gasteiger partial charge in [0.25, 0.3) is 10.0 Å². The first-order valence-corrected chi connectivity index (χ1v) is 12.2. The average molecular weight is 484 g/mol. The van der Waals surface area contributed by atoms with Gasteiger partial charge < -0.3 is 10.1 Å². The lowest BCUT2D eigenvalue weighted by molar-refractivity contribution is 0.415. The van der Waals surface area contributed by atoms with E-state index in [4.69, 9.17) is 4.74 Å². The van der Waals surface area contributed by atoms with Crippen LogP contribution in [-0.4, -0.2) is 30.5 Å². The molecule has 0 aliphatic carbocycles. The van der Waals surface area contributed by atoms with Crippen molar-refractivity contribution in [2.45, 2.75) is 4.90 Å². The third-order valence-corrected chi connectivity index (χ3v) is 6.66. The van der Waals surface area contributed by atoms with Crippen molar-refractivity contribution < 1.29 is 13.2 Å². The Hall–Kier alpha value is -4.50. The molecule has 0 radical (unpaired) electrons. The number of nitrogens with zero attached hydrogens (tertiary/aromatic N) is 3. The molecule has 0 saturated carbocycles. The molecule has 0 bridgehead atoms. The normalized spacial score (nSPS) is 11.2. The fourth-order valence-corrected chi connectivity index (χ4v) is 4.62. The first-order chi connectivity index (χ1) is 17.0. The van der Waals surface area contributed by atoms with Gasteiger partial charge in [0.2, 0.25) is 0 Å². The van der Waals surface area contributed by atoms with E-state index in [0.29, 0.717) is 17.0 Å². The predicted molar refractivity (Wildman–Crippen MR) is 136 cm³/mol. The molecular formula is C26H21N5O3S. The van der Waals surface area contributed by atoms with Crippen LogP contribution >= 0.6 is 0 Å². The van der Waals surface area contributed by atoms with Crippen molar-refractivity contribution in [1.82, 2.24) is 15.0 Å². The third kappa shape index (κ3) is 5.04. The Morgan fingerprint density at radius 3 is 2.46 bits per heavy atom. The molecule has 0 unspecified atom stereocenters. The van der Waals surface area contributed by atoms with Gasteiger partial charge in [-0.1, -0.05) is 30.3 Å². The van der Waals surface area contributed by atoms with Crippen LogP contribution in [0.15, 0.2) is 102 Å². The molecule has 2 aromatic heterocycles. The predicted octanol–water partition coefficient (Wildman–Crippen LogP) is 5.24. The fourth-order valence-electron chi connectivity index (χ4n) is 3.57. The third-order valence-electron chi connectivity index (χ3n) is 5.26. The molecule has 3 aromatic carbocycles. The van der Waals surface area contributed by atoms with E-state index in [0.717, 1.165) is 28.1 Å². The van der Waals surface area contributed by atoms with E-state index in [9.17, 15) is 8.42 Å². The van der Waals surface area contributed by atoms with Gasteiger partial charge in [-0.3, -0.25) is 14.7 Å². The van der Waals surface area contributed by atoms with Crippen LogP contribution in [0.4, 0.5) is 17.2 Å². The fraction of sp³-hybridized carbons (Fsp3) is 0.0385. The summed E-state index contributed by atoms with van der Waals surface area (Å²) in [5.41, 5.74) is 4.19. The molecule has 35 heavy (non-hydrogen) atoms. The number of rotatable bonds is 7. The quantitative estimate of drug-likeness (QED) is 0.326. The molecule has 0 saturated heterocycles. The lowest BCUT2D eigenvalue weighted by Crippen LogP contribution is -2.12. The average Bonchev–Trinajstić information content (AvgIpc) is 2.89. The second-order valence-electron chi connectivity index (χ2n) is 7.70. The maximum absolute atomic E-state index is 12.7. The van der Waals surface area contributed by atoms with Crippen molar-refractivity contribution in [3.8, 4) is 16.9 Å². The number of benzene rings is 3. The van der Waals surface area contributed by atoms with Crippen LogP contribution in [0, 0.1) is 0 Å². The Labute approximate surface area is 202 Å². The number of pyridine rings is 1. The molecule has 5 rings (SSSR count). The van der Waals surface area contributed by atoms with Crippen molar-refractivity contribution in [2.24, 2.45) is 0 Å². The van der Waals surface area contributed by atoms with Crippen molar-refractivity contribution in [3.63, 3.8) is 0 Å². The summed E-state index contributed by atoms with van der Waals surface area (Å²) in [5.74, 6) is 1.33. The molecule has 2 N–H and O–H groups in total.